The fourth-order valence-electron chi connectivity index (χ4n) is 2.58. The van der Waals surface area contributed by atoms with Crippen LogP contribution in [0.2, 0.25) is 0 Å². The molecule has 0 aliphatic heterocycles. The summed E-state index contributed by atoms with van der Waals surface area (Å²) in [5.41, 5.74) is 0.423. The van der Waals surface area contributed by atoms with Gasteiger partial charge in [0, 0.05) is 20.0 Å². The van der Waals surface area contributed by atoms with Crippen molar-refractivity contribution >= 4 is 5.78 Å². The van der Waals surface area contributed by atoms with E-state index in [1.54, 1.807) is 7.11 Å². The first-order valence-corrected chi connectivity index (χ1v) is 4.79. The fourth-order valence-corrected chi connectivity index (χ4v) is 2.58. The van der Waals surface area contributed by atoms with Crippen LogP contribution in [-0.2, 0) is 9.53 Å². The molecule has 12 heavy (non-hydrogen) atoms. The Morgan fingerprint density at radius 3 is 2.33 bits per heavy atom. The average Bonchev–Trinajstić information content (AvgIpc) is 2.04. The van der Waals surface area contributed by atoms with Crippen LogP contribution >= 0.6 is 0 Å². The van der Waals surface area contributed by atoms with E-state index in [1.165, 1.54) is 12.8 Å². The molecule has 2 aliphatic rings. The van der Waals surface area contributed by atoms with Crippen LogP contribution in [0.25, 0.3) is 0 Å². The highest BCUT2D eigenvalue weighted by atomic mass is 16.5. The lowest BCUT2D eigenvalue weighted by molar-refractivity contribution is -0.136. The maximum atomic E-state index is 10.9. The summed E-state index contributed by atoms with van der Waals surface area (Å²) < 4.78 is 5.29. The summed E-state index contributed by atoms with van der Waals surface area (Å²) in [5, 5.41) is 0. The van der Waals surface area contributed by atoms with Gasteiger partial charge in [0.05, 0.1) is 6.10 Å². The lowest BCUT2D eigenvalue weighted by Gasteiger charge is -2.45. The van der Waals surface area contributed by atoms with Crippen LogP contribution in [0, 0.1) is 5.41 Å². The van der Waals surface area contributed by atoms with Crippen molar-refractivity contribution in [2.45, 2.75) is 44.6 Å². The summed E-state index contributed by atoms with van der Waals surface area (Å²) in [6, 6.07) is 0. The molecule has 2 nitrogen and oxygen atoms in total. The highest BCUT2D eigenvalue weighted by Crippen LogP contribution is 2.49. The van der Waals surface area contributed by atoms with Gasteiger partial charge in [0.25, 0.3) is 0 Å². The van der Waals surface area contributed by atoms with E-state index in [4.69, 9.17) is 4.74 Å². The van der Waals surface area contributed by atoms with Gasteiger partial charge in [0.1, 0.15) is 5.78 Å². The third-order valence-electron chi connectivity index (χ3n) is 3.47. The Morgan fingerprint density at radius 2 is 1.92 bits per heavy atom. The quantitative estimate of drug-likeness (QED) is 0.598. The van der Waals surface area contributed by atoms with Crippen LogP contribution < -0.4 is 0 Å². The van der Waals surface area contributed by atoms with Crippen molar-refractivity contribution in [3.8, 4) is 0 Å². The molecule has 2 fully saturated rings. The van der Waals surface area contributed by atoms with Crippen molar-refractivity contribution in [2.24, 2.45) is 5.41 Å². The molecule has 2 saturated carbocycles. The Hall–Kier alpha value is -0.370. The molecule has 0 heterocycles. The minimum Gasteiger partial charge on any atom is -0.381 e. The summed E-state index contributed by atoms with van der Waals surface area (Å²) in [4.78, 5) is 10.9. The molecule has 2 aliphatic carbocycles. The second kappa shape index (κ2) is 2.84. The number of carbonyl (C=O) groups is 1. The van der Waals surface area contributed by atoms with E-state index in [0.29, 0.717) is 17.3 Å². The molecule has 0 aromatic heterocycles. The van der Waals surface area contributed by atoms with Crippen molar-refractivity contribution < 1.29 is 9.53 Å². The monoisotopic (exact) mass is 168 g/mol. The number of ether oxygens (including phenoxy) is 1. The van der Waals surface area contributed by atoms with Gasteiger partial charge in [-0.05, 0) is 31.1 Å². The van der Waals surface area contributed by atoms with Crippen LogP contribution in [0.5, 0.6) is 0 Å². The predicted molar refractivity (Wildman–Crippen MR) is 45.9 cm³/mol. The topological polar surface area (TPSA) is 26.3 Å². The standard InChI is InChI=1S/C10H16O2/c1-12-9-2-4-10(5-3-9)6-8(11)7-10/h9H,2-7H2,1H3. The van der Waals surface area contributed by atoms with Gasteiger partial charge in [-0.3, -0.25) is 4.79 Å². The Bertz CT molecular complexity index is 180. The number of methoxy groups -OCH3 is 1. The molecule has 0 atom stereocenters. The molecule has 0 aromatic rings. The molecule has 2 rings (SSSR count). The summed E-state index contributed by atoms with van der Waals surface area (Å²) in [6.45, 7) is 0. The maximum absolute atomic E-state index is 10.9. The first kappa shape index (κ1) is 8.24. The van der Waals surface area contributed by atoms with Gasteiger partial charge in [0.15, 0.2) is 0 Å². The highest BCUT2D eigenvalue weighted by Gasteiger charge is 2.45. The Balaban J connectivity index is 1.86. The number of rotatable bonds is 1. The normalized spacial score (nSPS) is 28.9. The van der Waals surface area contributed by atoms with Gasteiger partial charge in [-0.2, -0.15) is 0 Å². The van der Waals surface area contributed by atoms with Gasteiger partial charge in [0.2, 0.25) is 0 Å². The predicted octanol–water partition coefficient (Wildman–Crippen LogP) is 1.92. The van der Waals surface area contributed by atoms with Gasteiger partial charge in [-0.1, -0.05) is 0 Å². The Kier molecular flexibility index (Phi) is 1.95. The average molecular weight is 168 g/mol. The number of ketones is 1. The Morgan fingerprint density at radius 1 is 1.33 bits per heavy atom. The molecular formula is C10H16O2. The number of hydrogen-bond acceptors (Lipinski definition) is 2. The molecule has 0 aromatic carbocycles. The van der Waals surface area contributed by atoms with Crippen LogP contribution in [0.1, 0.15) is 38.5 Å². The van der Waals surface area contributed by atoms with Gasteiger partial charge < -0.3 is 4.74 Å². The van der Waals surface area contributed by atoms with E-state index in [2.05, 4.69) is 0 Å². The van der Waals surface area contributed by atoms with E-state index in [0.717, 1.165) is 25.7 Å². The smallest absolute Gasteiger partial charge is 0.134 e. The van der Waals surface area contributed by atoms with Gasteiger partial charge in [-0.25, -0.2) is 0 Å². The molecule has 2 heteroatoms. The minimum absolute atomic E-state index is 0.423. The lowest BCUT2D eigenvalue weighted by atomic mass is 9.60. The van der Waals surface area contributed by atoms with Crippen LogP contribution in [0.4, 0.5) is 0 Å². The summed E-state index contributed by atoms with van der Waals surface area (Å²) in [5.74, 6) is 0.464. The largest absolute Gasteiger partial charge is 0.381 e. The number of carbonyl (C=O) groups excluding carboxylic acids is 1. The van der Waals surface area contributed by atoms with Gasteiger partial charge in [-0.15, -0.1) is 0 Å². The fraction of sp³-hybridized carbons (Fsp3) is 0.900. The number of hydrogen-bond donors (Lipinski definition) is 0. The highest BCUT2D eigenvalue weighted by molar-refractivity contribution is 5.86. The molecule has 0 amide bonds. The van der Waals surface area contributed by atoms with E-state index < -0.39 is 0 Å². The lowest BCUT2D eigenvalue weighted by Crippen LogP contribution is -2.41. The van der Waals surface area contributed by atoms with Crippen molar-refractivity contribution in [1.29, 1.82) is 0 Å². The van der Waals surface area contributed by atoms with E-state index in [9.17, 15) is 4.79 Å². The number of Topliss-reactive ketones (excluding diaryl/α,β-unsaturated/α-hetero) is 1. The third kappa shape index (κ3) is 1.28. The van der Waals surface area contributed by atoms with Crippen LogP contribution in [0.3, 0.4) is 0 Å². The minimum atomic E-state index is 0.423. The zero-order valence-electron chi connectivity index (χ0n) is 7.64. The molecule has 0 N–H and O–H groups in total. The zero-order valence-corrected chi connectivity index (χ0v) is 7.64. The molecular weight excluding hydrogens is 152 g/mol. The van der Waals surface area contributed by atoms with E-state index >= 15 is 0 Å². The SMILES string of the molecule is COC1CCC2(CC1)CC(=O)C2. The second-order valence-corrected chi connectivity index (χ2v) is 4.33. The summed E-state index contributed by atoms with van der Waals surface area (Å²) in [6.07, 6.45) is 6.89. The zero-order chi connectivity index (χ0) is 8.60. The molecule has 0 unspecified atom stereocenters. The van der Waals surface area contributed by atoms with Crippen molar-refractivity contribution in [3.05, 3.63) is 0 Å². The third-order valence-corrected chi connectivity index (χ3v) is 3.47. The maximum Gasteiger partial charge on any atom is 0.134 e. The van der Waals surface area contributed by atoms with E-state index in [-0.39, 0.29) is 0 Å². The second-order valence-electron chi connectivity index (χ2n) is 4.33. The first-order chi connectivity index (χ1) is 5.74. The summed E-state index contributed by atoms with van der Waals surface area (Å²) in [7, 11) is 1.79. The molecule has 0 saturated heterocycles. The van der Waals surface area contributed by atoms with E-state index in [1.807, 2.05) is 0 Å². The Labute approximate surface area is 73.3 Å². The molecule has 68 valence electrons. The summed E-state index contributed by atoms with van der Waals surface area (Å²) >= 11 is 0. The first-order valence-electron chi connectivity index (χ1n) is 4.79. The van der Waals surface area contributed by atoms with Crippen LogP contribution in [0.15, 0.2) is 0 Å². The van der Waals surface area contributed by atoms with Gasteiger partial charge >= 0.3 is 0 Å². The molecule has 0 bridgehead atoms. The molecule has 0 radical (unpaired) electrons. The van der Waals surface area contributed by atoms with Crippen molar-refractivity contribution in [1.82, 2.24) is 0 Å². The molecule has 1 spiro atoms. The van der Waals surface area contributed by atoms with Crippen molar-refractivity contribution in [2.75, 3.05) is 7.11 Å². The van der Waals surface area contributed by atoms with Crippen LogP contribution in [-0.4, -0.2) is 19.0 Å². The van der Waals surface area contributed by atoms with Crippen molar-refractivity contribution in [3.63, 3.8) is 0 Å².